The van der Waals surface area contributed by atoms with E-state index in [2.05, 4.69) is 20.8 Å². The van der Waals surface area contributed by atoms with Gasteiger partial charge in [0.2, 0.25) is 0 Å². The molecule has 0 unspecified atom stereocenters. The fraction of sp³-hybridized carbons (Fsp3) is 0.455. The first-order valence-electron chi connectivity index (χ1n) is 4.94. The summed E-state index contributed by atoms with van der Waals surface area (Å²) in [6.45, 7) is 6.50. The predicted molar refractivity (Wildman–Crippen MR) is 80.0 cm³/mol. The van der Waals surface area contributed by atoms with Gasteiger partial charge in [0.05, 0.1) is 0 Å². The van der Waals surface area contributed by atoms with E-state index in [1.807, 2.05) is 12.1 Å². The number of benzene rings is 1. The van der Waals surface area contributed by atoms with E-state index in [4.69, 9.17) is 10.0 Å². The molecular weight excluding hydrogens is 283 g/mol. The molecule has 0 fully saturated rings. The Morgan fingerprint density at radius 3 is 1.76 bits per heavy atom. The van der Waals surface area contributed by atoms with Crippen LogP contribution in [0.5, 0.6) is 0 Å². The number of halogens is 1. The second-order valence-electron chi connectivity index (χ2n) is 4.23. The van der Waals surface area contributed by atoms with E-state index < -0.39 is 7.12 Å². The van der Waals surface area contributed by atoms with Gasteiger partial charge in [0, 0.05) is 0 Å². The Hall–Kier alpha value is -0.395. The molecule has 0 atom stereocenters. The Labute approximate surface area is 115 Å². The monoisotopic (exact) mass is 306 g/mol. The summed E-state index contributed by atoms with van der Waals surface area (Å²) < 4.78 is 0. The summed E-state index contributed by atoms with van der Waals surface area (Å²) in [6, 6.07) is 7.44. The van der Waals surface area contributed by atoms with E-state index in [1.165, 1.54) is 5.56 Å². The minimum Gasteiger partial charge on any atom is -0.423 e. The van der Waals surface area contributed by atoms with E-state index in [0.717, 1.165) is 6.42 Å². The molecule has 0 saturated carbocycles. The van der Waals surface area contributed by atoms with Gasteiger partial charge >= 0.3 is 7.12 Å². The first-order chi connectivity index (χ1) is 6.47. The summed E-state index contributed by atoms with van der Waals surface area (Å²) in [4.78, 5) is 0. The molecule has 0 aliphatic rings. The average Bonchev–Trinajstić information content (AvgIpc) is 2.18. The van der Waals surface area contributed by atoms with Gasteiger partial charge in [0.15, 0.2) is 0 Å². The van der Waals surface area contributed by atoms with Crippen molar-refractivity contribution in [3.05, 3.63) is 29.8 Å². The maximum absolute atomic E-state index is 8.93. The average molecular weight is 307 g/mol. The summed E-state index contributed by atoms with van der Waals surface area (Å²) in [6.07, 6.45) is 1.06. The van der Waals surface area contributed by atoms with Gasteiger partial charge in [0.25, 0.3) is 0 Å². The van der Waals surface area contributed by atoms with Crippen LogP contribution < -0.4 is 17.8 Å². The first-order valence-corrected chi connectivity index (χ1v) is 4.94. The molecule has 6 heteroatoms. The molecule has 4 nitrogen and oxygen atoms in total. The molecule has 1 aromatic rings. The van der Waals surface area contributed by atoms with E-state index in [1.54, 1.807) is 12.1 Å². The highest BCUT2D eigenvalue weighted by atomic mass is 79.9. The summed E-state index contributed by atoms with van der Waals surface area (Å²) in [5.74, 6) is 0. The molecule has 0 amide bonds. The van der Waals surface area contributed by atoms with Crippen molar-refractivity contribution >= 4 is 29.6 Å². The van der Waals surface area contributed by atoms with Crippen LogP contribution in [0.2, 0.25) is 0 Å². The number of hydrogen-bond acceptors (Lipinski definition) is 4. The SMILES string of the molecule is Br.CCC(C)(C)c1ccc(B(O)O)cc1.N.N. The van der Waals surface area contributed by atoms with Crippen molar-refractivity contribution in [3.8, 4) is 0 Å². The molecule has 0 spiro atoms. The first kappa shape index (κ1) is 21.8. The van der Waals surface area contributed by atoms with Gasteiger partial charge in [-0.05, 0) is 22.9 Å². The fourth-order valence-electron chi connectivity index (χ4n) is 1.31. The topological polar surface area (TPSA) is 110 Å². The molecule has 8 N–H and O–H groups in total. The lowest BCUT2D eigenvalue weighted by Crippen LogP contribution is -2.30. The Kier molecular flexibility index (Phi) is 11.1. The Bertz CT molecular complexity index is 305. The maximum Gasteiger partial charge on any atom is 0.488 e. The van der Waals surface area contributed by atoms with Crippen molar-refractivity contribution in [3.63, 3.8) is 0 Å². The maximum atomic E-state index is 8.93. The molecule has 0 bridgehead atoms. The Morgan fingerprint density at radius 1 is 1.06 bits per heavy atom. The van der Waals surface area contributed by atoms with E-state index in [0.29, 0.717) is 5.46 Å². The molecule has 17 heavy (non-hydrogen) atoms. The highest BCUT2D eigenvalue weighted by Gasteiger charge is 2.18. The van der Waals surface area contributed by atoms with Crippen LogP contribution in [0.4, 0.5) is 0 Å². The summed E-state index contributed by atoms with van der Waals surface area (Å²) in [7, 11) is -1.37. The van der Waals surface area contributed by atoms with Crippen LogP contribution in [-0.2, 0) is 5.41 Å². The lowest BCUT2D eigenvalue weighted by molar-refractivity contribution is 0.425. The van der Waals surface area contributed by atoms with E-state index in [-0.39, 0.29) is 34.7 Å². The third kappa shape index (κ3) is 5.65. The fourth-order valence-corrected chi connectivity index (χ4v) is 1.31. The molecule has 0 saturated heterocycles. The lowest BCUT2D eigenvalue weighted by atomic mass is 9.76. The van der Waals surface area contributed by atoms with Gasteiger partial charge in [0.1, 0.15) is 0 Å². The van der Waals surface area contributed by atoms with Crippen molar-refractivity contribution in [2.45, 2.75) is 32.6 Å². The molecule has 0 radical (unpaired) electrons. The van der Waals surface area contributed by atoms with Gasteiger partial charge in [-0.1, -0.05) is 45.0 Å². The second kappa shape index (κ2) is 8.66. The van der Waals surface area contributed by atoms with Crippen molar-refractivity contribution in [2.24, 2.45) is 0 Å². The second-order valence-corrected chi connectivity index (χ2v) is 4.23. The quantitative estimate of drug-likeness (QED) is 0.640. The van der Waals surface area contributed by atoms with Gasteiger partial charge < -0.3 is 22.3 Å². The van der Waals surface area contributed by atoms with Crippen LogP contribution in [0.15, 0.2) is 24.3 Å². The molecule has 0 heterocycles. The molecule has 1 aromatic carbocycles. The third-order valence-corrected chi connectivity index (χ3v) is 2.87. The number of rotatable bonds is 3. The number of hydrogen-bond donors (Lipinski definition) is 4. The summed E-state index contributed by atoms with van der Waals surface area (Å²) in [5.41, 5.74) is 1.92. The normalized spacial score (nSPS) is 9.47. The lowest BCUT2D eigenvalue weighted by Gasteiger charge is -2.23. The van der Waals surface area contributed by atoms with Gasteiger partial charge in [-0.25, -0.2) is 0 Å². The minimum atomic E-state index is -1.37. The minimum absolute atomic E-state index is 0. The van der Waals surface area contributed by atoms with Gasteiger partial charge in [-0.2, -0.15) is 0 Å². The molecule has 1 rings (SSSR count). The highest BCUT2D eigenvalue weighted by Crippen LogP contribution is 2.25. The van der Waals surface area contributed by atoms with Crippen LogP contribution >= 0.6 is 17.0 Å². The van der Waals surface area contributed by atoms with Crippen LogP contribution in [0.25, 0.3) is 0 Å². The summed E-state index contributed by atoms with van der Waals surface area (Å²) in [5, 5.41) is 17.9. The molecule has 0 aliphatic heterocycles. The van der Waals surface area contributed by atoms with Crippen molar-refractivity contribution in [1.82, 2.24) is 12.3 Å². The van der Waals surface area contributed by atoms with Crippen LogP contribution in [0.1, 0.15) is 32.8 Å². The summed E-state index contributed by atoms with van der Waals surface area (Å²) >= 11 is 0. The van der Waals surface area contributed by atoms with Gasteiger partial charge in [-0.3, -0.25) is 0 Å². The standard InChI is InChI=1S/C11H17BO2.BrH.2H3N/c1-4-11(2,3)9-5-7-10(8-6-9)12(13)14;;;/h5-8,13-14H,4H2,1-3H3;1H;2*1H3. The van der Waals surface area contributed by atoms with Crippen molar-refractivity contribution < 1.29 is 10.0 Å². The van der Waals surface area contributed by atoms with Crippen molar-refractivity contribution in [2.75, 3.05) is 0 Å². The van der Waals surface area contributed by atoms with E-state index >= 15 is 0 Å². The van der Waals surface area contributed by atoms with Gasteiger partial charge in [-0.15, -0.1) is 17.0 Å². The molecule has 0 aliphatic carbocycles. The highest BCUT2D eigenvalue weighted by molar-refractivity contribution is 8.93. The zero-order valence-electron chi connectivity index (χ0n) is 10.8. The Balaban J connectivity index is -0.000000653. The van der Waals surface area contributed by atoms with Crippen LogP contribution in [0.3, 0.4) is 0 Å². The predicted octanol–water partition coefficient (Wildman–Crippen LogP) is 1.96. The third-order valence-electron chi connectivity index (χ3n) is 2.87. The zero-order valence-corrected chi connectivity index (χ0v) is 12.5. The Morgan fingerprint density at radius 2 is 1.47 bits per heavy atom. The zero-order chi connectivity index (χ0) is 10.8. The van der Waals surface area contributed by atoms with Crippen LogP contribution in [0, 0.1) is 0 Å². The molecule has 100 valence electrons. The molecule has 0 aromatic heterocycles. The smallest absolute Gasteiger partial charge is 0.423 e. The molecular formula is C11H24BBrN2O2. The van der Waals surface area contributed by atoms with Crippen molar-refractivity contribution in [1.29, 1.82) is 0 Å². The van der Waals surface area contributed by atoms with Crippen LogP contribution in [-0.4, -0.2) is 17.2 Å². The van der Waals surface area contributed by atoms with E-state index in [9.17, 15) is 0 Å². The largest absolute Gasteiger partial charge is 0.488 e.